The van der Waals surface area contributed by atoms with Gasteiger partial charge >= 0.3 is 0 Å². The summed E-state index contributed by atoms with van der Waals surface area (Å²) in [5.74, 6) is 5.21. The first-order valence-corrected chi connectivity index (χ1v) is 7.25. The van der Waals surface area contributed by atoms with E-state index in [4.69, 9.17) is 17.4 Å². The molecule has 106 valence electrons. The van der Waals surface area contributed by atoms with Gasteiger partial charge in [0.1, 0.15) is 0 Å². The minimum Gasteiger partial charge on any atom is -0.352 e. The maximum Gasteiger partial charge on any atom is 0.255 e. The molecule has 0 radical (unpaired) electrons. The summed E-state index contributed by atoms with van der Waals surface area (Å²) >= 11 is 7.37. The maximum atomic E-state index is 12.1. The second-order valence-electron chi connectivity index (χ2n) is 4.23. The second kappa shape index (κ2) is 6.69. The van der Waals surface area contributed by atoms with Crippen LogP contribution >= 0.6 is 22.9 Å². The predicted molar refractivity (Wildman–Crippen MR) is 82.2 cm³/mol. The van der Waals surface area contributed by atoms with E-state index in [1.165, 1.54) is 17.5 Å². The fourth-order valence-corrected chi connectivity index (χ4v) is 2.83. The number of nitrogen functional groups attached to an aromatic ring is 1. The zero-order chi connectivity index (χ0) is 14.5. The number of pyridine rings is 1. The third-order valence-electron chi connectivity index (χ3n) is 2.73. The number of amides is 1. The number of nitrogens with two attached hydrogens (primary N) is 1. The van der Waals surface area contributed by atoms with Gasteiger partial charge in [-0.05, 0) is 31.5 Å². The van der Waals surface area contributed by atoms with E-state index < -0.39 is 0 Å². The number of hydrogen-bond acceptors (Lipinski definition) is 5. The van der Waals surface area contributed by atoms with Crippen LogP contribution in [-0.2, 0) is 6.42 Å². The number of rotatable bonds is 5. The Kier molecular flexibility index (Phi) is 4.94. The Balaban J connectivity index is 1.95. The lowest BCUT2D eigenvalue weighted by molar-refractivity contribution is 0.0954. The number of aromatic nitrogens is 1. The minimum absolute atomic E-state index is 0.201. The molecule has 0 saturated heterocycles. The SMILES string of the molecule is Cc1cc(NN)c(C(=O)NCCc2ccc(Cl)s2)cn1. The van der Waals surface area contributed by atoms with Crippen molar-refractivity contribution in [1.82, 2.24) is 10.3 Å². The standard InChI is InChI=1S/C13H15ClN4OS/c1-8-6-11(18-15)10(7-17-8)13(19)16-5-4-9-2-3-12(14)20-9/h2-3,6-7H,4-5,15H2,1H3,(H,16,19)(H,17,18). The average molecular weight is 311 g/mol. The van der Waals surface area contributed by atoms with E-state index in [0.717, 1.165) is 21.3 Å². The van der Waals surface area contributed by atoms with Gasteiger partial charge < -0.3 is 10.7 Å². The third-order valence-corrected chi connectivity index (χ3v) is 4.02. The highest BCUT2D eigenvalue weighted by Crippen LogP contribution is 2.21. The van der Waals surface area contributed by atoms with E-state index in [0.29, 0.717) is 17.8 Å². The molecule has 0 aliphatic heterocycles. The molecule has 0 spiro atoms. The molecule has 0 fully saturated rings. The summed E-state index contributed by atoms with van der Waals surface area (Å²) in [6.45, 7) is 2.37. The molecule has 0 saturated carbocycles. The smallest absolute Gasteiger partial charge is 0.255 e. The van der Waals surface area contributed by atoms with Crippen molar-refractivity contribution in [1.29, 1.82) is 0 Å². The van der Waals surface area contributed by atoms with Crippen molar-refractivity contribution in [3.05, 3.63) is 44.9 Å². The molecule has 2 aromatic heterocycles. The van der Waals surface area contributed by atoms with E-state index in [1.807, 2.05) is 19.1 Å². The molecule has 0 aromatic carbocycles. The summed E-state index contributed by atoms with van der Waals surface area (Å²) in [6, 6.07) is 5.54. The number of anilines is 1. The van der Waals surface area contributed by atoms with Crippen LogP contribution in [0.2, 0.25) is 4.34 Å². The number of hydrogen-bond donors (Lipinski definition) is 3. The quantitative estimate of drug-likeness (QED) is 0.585. The molecule has 5 nitrogen and oxygen atoms in total. The minimum atomic E-state index is -0.201. The number of carbonyl (C=O) groups excluding carboxylic acids is 1. The number of thiophene rings is 1. The number of nitrogens with zero attached hydrogens (tertiary/aromatic N) is 1. The predicted octanol–water partition coefficient (Wildman–Crippen LogP) is 2.36. The Labute approximate surface area is 126 Å². The Morgan fingerprint density at radius 1 is 1.50 bits per heavy atom. The van der Waals surface area contributed by atoms with E-state index in [9.17, 15) is 4.79 Å². The Bertz CT molecular complexity index is 614. The topological polar surface area (TPSA) is 80.0 Å². The largest absolute Gasteiger partial charge is 0.352 e. The fraction of sp³-hybridized carbons (Fsp3) is 0.231. The van der Waals surface area contributed by atoms with Gasteiger partial charge in [-0.25, -0.2) is 0 Å². The van der Waals surface area contributed by atoms with E-state index in [2.05, 4.69) is 15.7 Å². The Morgan fingerprint density at radius 3 is 2.95 bits per heavy atom. The van der Waals surface area contributed by atoms with Crippen molar-refractivity contribution in [2.75, 3.05) is 12.0 Å². The molecular weight excluding hydrogens is 296 g/mol. The Morgan fingerprint density at radius 2 is 2.30 bits per heavy atom. The van der Waals surface area contributed by atoms with Crippen LogP contribution in [-0.4, -0.2) is 17.4 Å². The van der Waals surface area contributed by atoms with E-state index in [1.54, 1.807) is 6.07 Å². The van der Waals surface area contributed by atoms with Gasteiger partial charge in [-0.15, -0.1) is 11.3 Å². The monoisotopic (exact) mass is 310 g/mol. The van der Waals surface area contributed by atoms with Gasteiger partial charge in [-0.3, -0.25) is 15.6 Å². The molecule has 0 atom stereocenters. The lowest BCUT2D eigenvalue weighted by Gasteiger charge is -2.09. The molecule has 0 bridgehead atoms. The fourth-order valence-electron chi connectivity index (χ4n) is 1.74. The van der Waals surface area contributed by atoms with Crippen LogP contribution in [0.3, 0.4) is 0 Å². The van der Waals surface area contributed by atoms with Crippen LogP contribution in [0.4, 0.5) is 5.69 Å². The summed E-state index contributed by atoms with van der Waals surface area (Å²) in [4.78, 5) is 17.3. The molecule has 4 N–H and O–H groups in total. The van der Waals surface area contributed by atoms with Crippen LogP contribution in [0.1, 0.15) is 20.9 Å². The van der Waals surface area contributed by atoms with Crippen LogP contribution < -0.4 is 16.6 Å². The van der Waals surface area contributed by atoms with Gasteiger partial charge in [0.05, 0.1) is 15.6 Å². The van der Waals surface area contributed by atoms with E-state index in [-0.39, 0.29) is 5.91 Å². The highest BCUT2D eigenvalue weighted by Gasteiger charge is 2.11. The summed E-state index contributed by atoms with van der Waals surface area (Å²) in [6.07, 6.45) is 2.26. The van der Waals surface area contributed by atoms with Crippen molar-refractivity contribution in [2.45, 2.75) is 13.3 Å². The summed E-state index contributed by atoms with van der Waals surface area (Å²) < 4.78 is 0.753. The lowest BCUT2D eigenvalue weighted by atomic mass is 10.2. The first-order chi connectivity index (χ1) is 9.60. The molecular formula is C13H15ClN4OS. The van der Waals surface area contributed by atoms with Crippen LogP contribution in [0.25, 0.3) is 0 Å². The summed E-state index contributed by atoms with van der Waals surface area (Å²) in [5.41, 5.74) is 4.30. The van der Waals surface area contributed by atoms with Crippen LogP contribution in [0.15, 0.2) is 24.4 Å². The number of carbonyl (C=O) groups is 1. The zero-order valence-electron chi connectivity index (χ0n) is 10.9. The Hall–Kier alpha value is -1.63. The molecule has 7 heteroatoms. The average Bonchev–Trinajstić information content (AvgIpc) is 2.84. The van der Waals surface area contributed by atoms with Crippen molar-refractivity contribution in [3.63, 3.8) is 0 Å². The molecule has 1 amide bonds. The van der Waals surface area contributed by atoms with Crippen LogP contribution in [0, 0.1) is 6.92 Å². The van der Waals surface area contributed by atoms with Gasteiger partial charge in [-0.1, -0.05) is 11.6 Å². The number of nitrogens with one attached hydrogen (secondary N) is 2. The first-order valence-electron chi connectivity index (χ1n) is 6.06. The molecule has 2 aromatic rings. The summed E-state index contributed by atoms with van der Waals surface area (Å²) in [5, 5.41) is 2.84. The van der Waals surface area contributed by atoms with Crippen molar-refractivity contribution in [3.8, 4) is 0 Å². The van der Waals surface area contributed by atoms with Gasteiger partial charge in [0, 0.05) is 23.3 Å². The molecule has 2 heterocycles. The zero-order valence-corrected chi connectivity index (χ0v) is 12.5. The molecule has 20 heavy (non-hydrogen) atoms. The lowest BCUT2D eigenvalue weighted by Crippen LogP contribution is -2.27. The van der Waals surface area contributed by atoms with Gasteiger partial charge in [0.2, 0.25) is 0 Å². The summed E-state index contributed by atoms with van der Waals surface area (Å²) in [7, 11) is 0. The van der Waals surface area contributed by atoms with Crippen LogP contribution in [0.5, 0.6) is 0 Å². The van der Waals surface area contributed by atoms with Gasteiger partial charge in [0.25, 0.3) is 5.91 Å². The van der Waals surface area contributed by atoms with Crippen molar-refractivity contribution >= 4 is 34.5 Å². The molecule has 0 unspecified atom stereocenters. The normalized spacial score (nSPS) is 10.3. The number of aryl methyl sites for hydroxylation is 1. The van der Waals surface area contributed by atoms with Gasteiger partial charge in [-0.2, -0.15) is 0 Å². The highest BCUT2D eigenvalue weighted by atomic mass is 35.5. The highest BCUT2D eigenvalue weighted by molar-refractivity contribution is 7.16. The molecule has 2 rings (SSSR count). The van der Waals surface area contributed by atoms with Gasteiger partial charge in [0.15, 0.2) is 0 Å². The number of halogens is 1. The second-order valence-corrected chi connectivity index (χ2v) is 6.03. The van der Waals surface area contributed by atoms with Crippen molar-refractivity contribution < 1.29 is 4.79 Å². The molecule has 0 aliphatic carbocycles. The van der Waals surface area contributed by atoms with E-state index >= 15 is 0 Å². The number of hydrazine groups is 1. The first kappa shape index (κ1) is 14.8. The maximum absolute atomic E-state index is 12.1. The third kappa shape index (κ3) is 3.69. The van der Waals surface area contributed by atoms with Crippen molar-refractivity contribution in [2.24, 2.45) is 5.84 Å². The molecule has 0 aliphatic rings.